The van der Waals surface area contributed by atoms with Crippen molar-refractivity contribution in [2.75, 3.05) is 83.9 Å². The fourth-order valence-corrected chi connectivity index (χ4v) is 4.32. The minimum absolute atomic E-state index is 0.00720. The summed E-state index contributed by atoms with van der Waals surface area (Å²) in [6, 6.07) is -0.203. The molecule has 194 valence electrons. The van der Waals surface area contributed by atoms with Gasteiger partial charge in [-0.05, 0) is 27.7 Å². The van der Waals surface area contributed by atoms with E-state index >= 15 is 0 Å². The number of carbonyl (C=O) groups is 5. The standard InChI is InChI=1S/C23H40BrN5O5/c1-18(30)13-26-5-6-27(14-19(2)31)9-10-29(16-21(4)33)22(12-25-23(34)11-24)17-28(8-7-26)15-20(3)32/h22H,5-17H2,1-4H3,(H,25,34). The van der Waals surface area contributed by atoms with Gasteiger partial charge in [0.25, 0.3) is 0 Å². The Morgan fingerprint density at radius 3 is 1.53 bits per heavy atom. The molecule has 1 saturated heterocycles. The van der Waals surface area contributed by atoms with Crippen LogP contribution in [0.2, 0.25) is 0 Å². The van der Waals surface area contributed by atoms with Crippen LogP contribution in [-0.2, 0) is 24.0 Å². The van der Waals surface area contributed by atoms with Crippen LogP contribution in [-0.4, -0.2) is 139 Å². The Morgan fingerprint density at radius 1 is 0.676 bits per heavy atom. The second-order valence-electron chi connectivity index (χ2n) is 9.16. The van der Waals surface area contributed by atoms with E-state index in [4.69, 9.17) is 0 Å². The van der Waals surface area contributed by atoms with Crippen LogP contribution in [0.15, 0.2) is 0 Å². The van der Waals surface area contributed by atoms with Gasteiger partial charge in [-0.25, -0.2) is 0 Å². The molecule has 1 unspecified atom stereocenters. The Balaban J connectivity index is 3.23. The van der Waals surface area contributed by atoms with Crippen molar-refractivity contribution in [1.29, 1.82) is 0 Å². The van der Waals surface area contributed by atoms with Crippen LogP contribution in [0.4, 0.5) is 0 Å². The number of nitrogens with zero attached hydrogens (tertiary/aromatic N) is 4. The molecule has 0 aromatic carbocycles. The molecule has 0 bridgehead atoms. The number of amides is 1. The molecule has 1 atom stereocenters. The Morgan fingerprint density at radius 2 is 1.09 bits per heavy atom. The lowest BCUT2D eigenvalue weighted by atomic mass is 10.1. The van der Waals surface area contributed by atoms with Crippen molar-refractivity contribution < 1.29 is 24.0 Å². The van der Waals surface area contributed by atoms with Gasteiger partial charge in [-0.15, -0.1) is 0 Å². The molecule has 1 fully saturated rings. The fourth-order valence-electron chi connectivity index (χ4n) is 4.12. The molecule has 1 amide bonds. The summed E-state index contributed by atoms with van der Waals surface area (Å²) in [5.41, 5.74) is 0. The highest BCUT2D eigenvalue weighted by Gasteiger charge is 2.26. The number of hydrogen-bond donors (Lipinski definition) is 1. The minimum Gasteiger partial charge on any atom is -0.354 e. The smallest absolute Gasteiger partial charge is 0.230 e. The van der Waals surface area contributed by atoms with Crippen LogP contribution in [0.3, 0.4) is 0 Å². The van der Waals surface area contributed by atoms with E-state index in [1.807, 2.05) is 14.7 Å². The summed E-state index contributed by atoms with van der Waals surface area (Å²) in [5, 5.41) is 3.07. The average molecular weight is 547 g/mol. The van der Waals surface area contributed by atoms with Gasteiger partial charge in [0, 0.05) is 58.4 Å². The third-order valence-corrected chi connectivity index (χ3v) is 6.08. The molecule has 0 aliphatic carbocycles. The first kappa shape index (κ1) is 30.5. The average Bonchev–Trinajstić information content (AvgIpc) is 2.72. The van der Waals surface area contributed by atoms with Gasteiger partial charge < -0.3 is 5.32 Å². The molecule has 34 heavy (non-hydrogen) atoms. The molecule has 1 N–H and O–H groups in total. The number of ketones is 4. The van der Waals surface area contributed by atoms with Crippen LogP contribution < -0.4 is 5.32 Å². The Labute approximate surface area is 211 Å². The normalized spacial score (nSPS) is 20.2. The number of nitrogens with one attached hydrogen (secondary N) is 1. The molecule has 0 spiro atoms. The molecule has 0 aromatic heterocycles. The lowest BCUT2D eigenvalue weighted by Gasteiger charge is -2.38. The van der Waals surface area contributed by atoms with Crippen molar-refractivity contribution in [1.82, 2.24) is 24.9 Å². The Kier molecular flexibility index (Phi) is 14.5. The monoisotopic (exact) mass is 545 g/mol. The van der Waals surface area contributed by atoms with Crippen molar-refractivity contribution in [3.8, 4) is 0 Å². The fraction of sp³-hybridized carbons (Fsp3) is 0.783. The second kappa shape index (κ2) is 16.2. The number of halogens is 1. The number of Topliss-reactive ketones (excluding diaryl/α,β-unsaturated/α-hetero) is 4. The lowest BCUT2D eigenvalue weighted by molar-refractivity contribution is -0.121. The molecule has 0 aromatic rings. The maximum Gasteiger partial charge on any atom is 0.230 e. The van der Waals surface area contributed by atoms with E-state index in [0.717, 1.165) is 0 Å². The largest absolute Gasteiger partial charge is 0.354 e. The van der Waals surface area contributed by atoms with Gasteiger partial charge in [-0.1, -0.05) is 15.9 Å². The summed E-state index contributed by atoms with van der Waals surface area (Å²) in [4.78, 5) is 67.8. The SMILES string of the molecule is CC(=O)CN1CCN(CC(C)=O)CCN(CC(C)=O)C(CNC(=O)CBr)CN(CC(C)=O)CC1. The maximum absolute atomic E-state index is 12.1. The Bertz CT molecular complexity index is 720. The third kappa shape index (κ3) is 13.4. The van der Waals surface area contributed by atoms with Gasteiger partial charge in [0.2, 0.25) is 5.91 Å². The summed E-state index contributed by atoms with van der Waals surface area (Å²) in [6.07, 6.45) is 0. The minimum atomic E-state index is -0.203. The molecular formula is C23H40BrN5O5. The highest BCUT2D eigenvalue weighted by molar-refractivity contribution is 9.09. The third-order valence-electron chi connectivity index (χ3n) is 5.57. The summed E-state index contributed by atoms with van der Waals surface area (Å²) >= 11 is 3.16. The predicted molar refractivity (Wildman–Crippen MR) is 134 cm³/mol. The van der Waals surface area contributed by atoms with Crippen LogP contribution >= 0.6 is 15.9 Å². The summed E-state index contributed by atoms with van der Waals surface area (Å²) in [6.45, 7) is 11.5. The van der Waals surface area contributed by atoms with E-state index in [9.17, 15) is 24.0 Å². The zero-order chi connectivity index (χ0) is 25.7. The number of alkyl halides is 1. The molecule has 11 heteroatoms. The molecule has 1 rings (SSSR count). The summed E-state index contributed by atoms with van der Waals surface area (Å²) < 4.78 is 0. The first-order chi connectivity index (χ1) is 16.0. The number of rotatable bonds is 11. The van der Waals surface area contributed by atoms with Gasteiger partial charge in [-0.3, -0.25) is 43.6 Å². The van der Waals surface area contributed by atoms with Crippen LogP contribution in [0.25, 0.3) is 0 Å². The zero-order valence-corrected chi connectivity index (χ0v) is 22.6. The van der Waals surface area contributed by atoms with Gasteiger partial charge in [0.05, 0.1) is 31.5 Å². The highest BCUT2D eigenvalue weighted by atomic mass is 79.9. The molecular weight excluding hydrogens is 506 g/mol. The molecule has 1 heterocycles. The lowest BCUT2D eigenvalue weighted by Crippen LogP contribution is -2.55. The molecule has 1 aliphatic heterocycles. The first-order valence-corrected chi connectivity index (χ1v) is 12.8. The van der Waals surface area contributed by atoms with E-state index in [2.05, 4.69) is 26.1 Å². The molecule has 10 nitrogen and oxygen atoms in total. The van der Waals surface area contributed by atoms with E-state index < -0.39 is 0 Å². The van der Waals surface area contributed by atoms with E-state index in [1.165, 1.54) is 13.8 Å². The maximum atomic E-state index is 12.1. The molecule has 0 radical (unpaired) electrons. The Hall–Kier alpha value is -1.53. The first-order valence-electron chi connectivity index (χ1n) is 11.7. The van der Waals surface area contributed by atoms with Crippen molar-refractivity contribution in [3.63, 3.8) is 0 Å². The van der Waals surface area contributed by atoms with Crippen molar-refractivity contribution in [2.45, 2.75) is 33.7 Å². The summed E-state index contributed by atoms with van der Waals surface area (Å²) in [5.74, 6) is -0.00624. The number of hydrogen-bond acceptors (Lipinski definition) is 9. The zero-order valence-electron chi connectivity index (χ0n) is 21.0. The van der Waals surface area contributed by atoms with E-state index in [0.29, 0.717) is 65.4 Å². The van der Waals surface area contributed by atoms with E-state index in [1.54, 1.807) is 13.8 Å². The molecule has 1 aliphatic rings. The van der Waals surface area contributed by atoms with Gasteiger partial charge in [0.1, 0.15) is 23.1 Å². The molecule has 0 saturated carbocycles. The van der Waals surface area contributed by atoms with E-state index in [-0.39, 0.29) is 53.5 Å². The van der Waals surface area contributed by atoms with Crippen molar-refractivity contribution in [3.05, 3.63) is 0 Å². The van der Waals surface area contributed by atoms with Crippen molar-refractivity contribution >= 4 is 45.0 Å². The van der Waals surface area contributed by atoms with Gasteiger partial charge >= 0.3 is 0 Å². The second-order valence-corrected chi connectivity index (χ2v) is 9.72. The van der Waals surface area contributed by atoms with Crippen LogP contribution in [0.1, 0.15) is 27.7 Å². The van der Waals surface area contributed by atoms with Gasteiger partial charge in [-0.2, -0.15) is 0 Å². The highest BCUT2D eigenvalue weighted by Crippen LogP contribution is 2.07. The van der Waals surface area contributed by atoms with Crippen LogP contribution in [0, 0.1) is 0 Å². The summed E-state index contributed by atoms with van der Waals surface area (Å²) in [7, 11) is 0. The van der Waals surface area contributed by atoms with Gasteiger partial charge in [0.15, 0.2) is 0 Å². The quantitative estimate of drug-likeness (QED) is 0.341. The van der Waals surface area contributed by atoms with Crippen molar-refractivity contribution in [2.24, 2.45) is 0 Å². The number of carbonyl (C=O) groups excluding carboxylic acids is 5. The topological polar surface area (TPSA) is 110 Å². The van der Waals surface area contributed by atoms with Crippen LogP contribution in [0.5, 0.6) is 0 Å². The predicted octanol–water partition coefficient (Wildman–Crippen LogP) is -0.556.